The number of carbonyl (C=O) groups is 1. The largest absolute Gasteiger partial charge is 0.497 e. The Balaban J connectivity index is 1.87. The van der Waals surface area contributed by atoms with Crippen molar-refractivity contribution in [3.8, 4) is 46.8 Å². The van der Waals surface area contributed by atoms with Crippen LogP contribution in [0.3, 0.4) is 0 Å². The van der Waals surface area contributed by atoms with Gasteiger partial charge in [0.1, 0.15) is 23.0 Å². The minimum absolute atomic E-state index is 0.0295. The van der Waals surface area contributed by atoms with E-state index in [1.165, 1.54) is 20.3 Å². The maximum absolute atomic E-state index is 11.9. The van der Waals surface area contributed by atoms with E-state index in [2.05, 4.69) is 16.1 Å². The molecule has 0 atom stereocenters. The summed E-state index contributed by atoms with van der Waals surface area (Å²) in [6.07, 6.45) is 6.72. The molecule has 1 aromatic heterocycles. The van der Waals surface area contributed by atoms with Crippen molar-refractivity contribution in [3.05, 3.63) is 46.9 Å². The molecule has 0 aliphatic rings. The van der Waals surface area contributed by atoms with Crippen molar-refractivity contribution in [1.29, 1.82) is 0 Å². The third kappa shape index (κ3) is 6.24. The number of carboxylic acids is 1. The lowest BCUT2D eigenvalue weighted by Crippen LogP contribution is -2.00. The number of ether oxygens (including phenoxy) is 4. The zero-order valence-electron chi connectivity index (χ0n) is 18.7. The predicted molar refractivity (Wildman–Crippen MR) is 126 cm³/mol. The molecule has 0 saturated carbocycles. The van der Waals surface area contributed by atoms with Gasteiger partial charge >= 0.3 is 5.97 Å². The first-order valence-electron chi connectivity index (χ1n) is 10.00. The molecule has 3 rings (SSSR count). The number of aromatic nitrogens is 2. The lowest BCUT2D eigenvalue weighted by atomic mass is 10.2. The van der Waals surface area contributed by atoms with E-state index in [1.54, 1.807) is 36.4 Å². The number of carboxylic acid groups (broad SMARTS) is 1. The first-order valence-corrected chi connectivity index (χ1v) is 10.8. The second kappa shape index (κ2) is 11.7. The van der Waals surface area contributed by atoms with Crippen LogP contribution in [0.5, 0.6) is 23.0 Å². The Morgan fingerprint density at radius 2 is 1.85 bits per heavy atom. The summed E-state index contributed by atoms with van der Waals surface area (Å²) in [7, 11) is 3.06. The van der Waals surface area contributed by atoms with Crippen molar-refractivity contribution < 1.29 is 33.3 Å². The SMILES string of the molecule is C#CCOc1ccc(/C=C(\Sc2nnc(-c3cc(OC)cc(OC)c3)o2)C(=O)O)cc1OCC. The molecule has 9 nitrogen and oxygen atoms in total. The van der Waals surface area contributed by atoms with Gasteiger partial charge in [0.15, 0.2) is 11.5 Å². The molecule has 176 valence electrons. The molecule has 0 unspecified atom stereocenters. The average Bonchev–Trinajstić information content (AvgIpc) is 3.31. The fourth-order valence-electron chi connectivity index (χ4n) is 2.80. The smallest absolute Gasteiger partial charge is 0.342 e. The topological polar surface area (TPSA) is 113 Å². The average molecular weight is 483 g/mol. The lowest BCUT2D eigenvalue weighted by Gasteiger charge is -2.11. The molecule has 0 bridgehead atoms. The second-order valence-electron chi connectivity index (χ2n) is 6.52. The van der Waals surface area contributed by atoms with Gasteiger partial charge in [-0.1, -0.05) is 12.0 Å². The summed E-state index contributed by atoms with van der Waals surface area (Å²) < 4.78 is 27.2. The summed E-state index contributed by atoms with van der Waals surface area (Å²) >= 11 is 0.825. The summed E-state index contributed by atoms with van der Waals surface area (Å²) in [6.45, 7) is 2.32. The Kier molecular flexibility index (Phi) is 8.43. The van der Waals surface area contributed by atoms with Crippen LogP contribution in [-0.4, -0.2) is 48.7 Å². The maximum Gasteiger partial charge on any atom is 0.342 e. The molecule has 1 N–H and O–H groups in total. The van der Waals surface area contributed by atoms with E-state index >= 15 is 0 Å². The van der Waals surface area contributed by atoms with E-state index in [4.69, 9.17) is 29.8 Å². The fourth-order valence-corrected chi connectivity index (χ4v) is 3.47. The van der Waals surface area contributed by atoms with E-state index in [9.17, 15) is 9.90 Å². The number of terminal acetylenes is 1. The van der Waals surface area contributed by atoms with E-state index in [1.807, 2.05) is 6.92 Å². The Morgan fingerprint density at radius 3 is 2.47 bits per heavy atom. The van der Waals surface area contributed by atoms with Gasteiger partial charge in [-0.2, -0.15) is 0 Å². The molecule has 0 radical (unpaired) electrons. The van der Waals surface area contributed by atoms with Crippen LogP contribution in [-0.2, 0) is 4.79 Å². The van der Waals surface area contributed by atoms with Crippen LogP contribution >= 0.6 is 11.8 Å². The zero-order valence-corrected chi connectivity index (χ0v) is 19.5. The van der Waals surface area contributed by atoms with Gasteiger partial charge in [-0.15, -0.1) is 16.6 Å². The van der Waals surface area contributed by atoms with Gasteiger partial charge in [0, 0.05) is 11.6 Å². The van der Waals surface area contributed by atoms with E-state index in [-0.39, 0.29) is 22.6 Å². The molecule has 0 spiro atoms. The predicted octanol–water partition coefficient (Wildman–Crippen LogP) is 4.38. The molecule has 1 heterocycles. The van der Waals surface area contributed by atoms with Crippen LogP contribution in [0.1, 0.15) is 12.5 Å². The summed E-state index contributed by atoms with van der Waals surface area (Å²) in [5, 5.41) is 17.7. The van der Waals surface area contributed by atoms with Crippen LogP contribution in [0.15, 0.2) is 50.9 Å². The van der Waals surface area contributed by atoms with Crippen LogP contribution in [0.4, 0.5) is 0 Å². The van der Waals surface area contributed by atoms with Gasteiger partial charge in [0.25, 0.3) is 5.22 Å². The Bertz CT molecular complexity index is 1210. The van der Waals surface area contributed by atoms with Crippen molar-refractivity contribution >= 4 is 23.8 Å². The fraction of sp³-hybridized carbons (Fsp3) is 0.208. The van der Waals surface area contributed by atoms with E-state index in [0.29, 0.717) is 40.7 Å². The normalized spacial score (nSPS) is 10.9. The lowest BCUT2D eigenvalue weighted by molar-refractivity contribution is -0.131. The molecule has 0 saturated heterocycles. The highest BCUT2D eigenvalue weighted by Gasteiger charge is 2.17. The number of hydrogen-bond donors (Lipinski definition) is 1. The third-order valence-corrected chi connectivity index (χ3v) is 5.14. The highest BCUT2D eigenvalue weighted by Crippen LogP contribution is 2.34. The summed E-state index contributed by atoms with van der Waals surface area (Å²) in [5.41, 5.74) is 1.15. The van der Waals surface area contributed by atoms with Gasteiger partial charge in [-0.05, 0) is 54.6 Å². The van der Waals surface area contributed by atoms with E-state index in [0.717, 1.165) is 11.8 Å². The first-order chi connectivity index (χ1) is 16.5. The molecule has 10 heteroatoms. The summed E-state index contributed by atoms with van der Waals surface area (Å²) in [6, 6.07) is 10.1. The second-order valence-corrected chi connectivity index (χ2v) is 7.52. The number of methoxy groups -OCH3 is 2. The standard InChI is InChI=1S/C24H22N2O7S/c1-5-9-32-19-8-7-15(10-20(19)31-6-2)11-21(23(27)28)34-24-26-25-22(33-24)16-12-17(29-3)14-18(13-16)30-4/h1,7-8,10-14H,6,9H2,2-4H3,(H,27,28)/b21-11-. The minimum atomic E-state index is -1.15. The quantitative estimate of drug-likeness (QED) is 0.240. The molecule has 0 amide bonds. The number of rotatable bonds is 11. The monoisotopic (exact) mass is 482 g/mol. The highest BCUT2D eigenvalue weighted by atomic mass is 32.2. The molecule has 2 aromatic carbocycles. The molecule has 0 aliphatic carbocycles. The Labute approximate surface area is 200 Å². The number of nitrogens with zero attached hydrogens (tertiary/aromatic N) is 2. The summed E-state index contributed by atoms with van der Waals surface area (Å²) in [4.78, 5) is 11.9. The van der Waals surface area contributed by atoms with Gasteiger partial charge in [-0.3, -0.25) is 0 Å². The number of benzene rings is 2. The molecule has 34 heavy (non-hydrogen) atoms. The van der Waals surface area contributed by atoms with Crippen LogP contribution in [0.2, 0.25) is 0 Å². The van der Waals surface area contributed by atoms with Crippen molar-refractivity contribution in [3.63, 3.8) is 0 Å². The van der Waals surface area contributed by atoms with Gasteiger partial charge in [0.05, 0.1) is 20.8 Å². The molecule has 0 fully saturated rings. The highest BCUT2D eigenvalue weighted by molar-refractivity contribution is 8.03. The minimum Gasteiger partial charge on any atom is -0.497 e. The molecular weight excluding hydrogens is 460 g/mol. The summed E-state index contributed by atoms with van der Waals surface area (Å²) in [5.74, 6) is 3.45. The van der Waals surface area contributed by atoms with Gasteiger partial charge < -0.3 is 28.5 Å². The molecule has 3 aromatic rings. The number of thioether (sulfide) groups is 1. The zero-order chi connectivity index (χ0) is 24.5. The van der Waals surface area contributed by atoms with Crippen LogP contribution in [0.25, 0.3) is 17.5 Å². The van der Waals surface area contributed by atoms with Crippen LogP contribution < -0.4 is 18.9 Å². The van der Waals surface area contributed by atoms with Crippen molar-refractivity contribution in [2.24, 2.45) is 0 Å². The Morgan fingerprint density at radius 1 is 1.12 bits per heavy atom. The third-order valence-electron chi connectivity index (χ3n) is 4.29. The number of aliphatic carboxylic acids is 1. The first kappa shape index (κ1) is 24.5. The van der Waals surface area contributed by atoms with Gasteiger partial charge in [-0.25, -0.2) is 4.79 Å². The van der Waals surface area contributed by atoms with Crippen LogP contribution in [0, 0.1) is 12.3 Å². The van der Waals surface area contributed by atoms with Crippen molar-refractivity contribution in [2.75, 3.05) is 27.4 Å². The molecular formula is C24H22N2O7S. The van der Waals surface area contributed by atoms with Gasteiger partial charge in [0.2, 0.25) is 5.89 Å². The molecule has 0 aliphatic heterocycles. The number of hydrogen-bond acceptors (Lipinski definition) is 9. The van der Waals surface area contributed by atoms with Crippen molar-refractivity contribution in [1.82, 2.24) is 10.2 Å². The maximum atomic E-state index is 11.9. The van der Waals surface area contributed by atoms with Crippen molar-refractivity contribution in [2.45, 2.75) is 12.1 Å². The Hall–Kier alpha value is -4.10. The van der Waals surface area contributed by atoms with E-state index < -0.39 is 5.97 Å².